The SMILES string of the molecule is CN(C)c1cc(CNCC(C)(C)C)c(O)c2c1C[C@H]1C[C@H]3[C@H](N(C)C)C(=O)C(C(N)=O)=C(O)[C@@]3(O)C(=O)C1=C2O. The summed E-state index contributed by atoms with van der Waals surface area (Å²) < 4.78 is 0. The summed E-state index contributed by atoms with van der Waals surface area (Å²) in [6, 6.07) is 0.735. The van der Waals surface area contributed by atoms with Crippen molar-refractivity contribution in [3.8, 4) is 5.75 Å². The monoisotopic (exact) mass is 556 g/mol. The van der Waals surface area contributed by atoms with Gasteiger partial charge in [-0.15, -0.1) is 0 Å². The van der Waals surface area contributed by atoms with Gasteiger partial charge < -0.3 is 36.4 Å². The van der Waals surface area contributed by atoms with Gasteiger partial charge in [-0.25, -0.2) is 0 Å². The van der Waals surface area contributed by atoms with Gasteiger partial charge in [-0.1, -0.05) is 20.8 Å². The predicted molar refractivity (Wildman–Crippen MR) is 150 cm³/mol. The molecule has 4 atom stereocenters. The molecule has 0 aromatic heterocycles. The number of nitrogens with zero attached hydrogens (tertiary/aromatic N) is 2. The van der Waals surface area contributed by atoms with E-state index in [1.165, 1.54) is 4.90 Å². The molecule has 0 unspecified atom stereocenters. The van der Waals surface area contributed by atoms with Gasteiger partial charge in [0.1, 0.15) is 22.8 Å². The normalized spacial score (nSPS) is 26.6. The van der Waals surface area contributed by atoms with Crippen LogP contribution in [0.15, 0.2) is 23.0 Å². The zero-order valence-electron chi connectivity index (χ0n) is 24.1. The molecule has 0 spiro atoms. The Balaban J connectivity index is 1.91. The van der Waals surface area contributed by atoms with E-state index in [4.69, 9.17) is 5.73 Å². The number of hydrogen-bond acceptors (Lipinski definition) is 10. The molecule has 1 aromatic carbocycles. The number of hydrogen-bond donors (Lipinski definition) is 6. The van der Waals surface area contributed by atoms with Crippen molar-refractivity contribution < 1.29 is 34.8 Å². The highest BCUT2D eigenvalue weighted by molar-refractivity contribution is 6.24. The molecule has 3 aliphatic carbocycles. The summed E-state index contributed by atoms with van der Waals surface area (Å²) in [5.41, 5.74) is 3.73. The predicted octanol–water partition coefficient (Wildman–Crippen LogP) is 1.17. The third kappa shape index (κ3) is 4.46. The number of ketones is 2. The molecule has 11 nitrogen and oxygen atoms in total. The lowest BCUT2D eigenvalue weighted by molar-refractivity contribution is -0.153. The summed E-state index contributed by atoms with van der Waals surface area (Å²) in [5, 5.41) is 49.0. The van der Waals surface area contributed by atoms with Crippen molar-refractivity contribution >= 4 is 28.9 Å². The molecule has 0 radical (unpaired) electrons. The minimum atomic E-state index is -2.66. The number of aliphatic hydroxyl groups is 3. The van der Waals surface area contributed by atoms with E-state index in [2.05, 4.69) is 26.1 Å². The molecule has 0 bridgehead atoms. The molecule has 0 aliphatic heterocycles. The second-order valence-electron chi connectivity index (χ2n) is 12.8. The van der Waals surface area contributed by atoms with Gasteiger partial charge in [0.2, 0.25) is 5.78 Å². The maximum Gasteiger partial charge on any atom is 0.255 e. The van der Waals surface area contributed by atoms with Crippen LogP contribution in [0.3, 0.4) is 0 Å². The molecular formula is C29H40N4O7. The van der Waals surface area contributed by atoms with Crippen LogP contribution >= 0.6 is 0 Å². The fraction of sp³-hybridized carbons (Fsp3) is 0.552. The van der Waals surface area contributed by atoms with Crippen molar-refractivity contribution in [1.82, 2.24) is 10.2 Å². The number of aliphatic hydroxyl groups excluding tert-OH is 2. The Hall–Kier alpha value is -3.41. The van der Waals surface area contributed by atoms with Crippen LogP contribution in [-0.2, 0) is 27.3 Å². The lowest BCUT2D eigenvalue weighted by atomic mass is 9.57. The number of aromatic hydroxyl groups is 1. The van der Waals surface area contributed by atoms with E-state index in [-0.39, 0.29) is 35.1 Å². The Morgan fingerprint density at radius 1 is 1.15 bits per heavy atom. The number of carbonyl (C=O) groups excluding carboxylic acids is 3. The molecule has 1 aromatic rings. The molecule has 3 aliphatic rings. The molecule has 0 heterocycles. The molecule has 11 heteroatoms. The van der Waals surface area contributed by atoms with Gasteiger partial charge in [0.15, 0.2) is 11.4 Å². The molecule has 7 N–H and O–H groups in total. The van der Waals surface area contributed by atoms with Crippen LogP contribution < -0.4 is 16.0 Å². The summed E-state index contributed by atoms with van der Waals surface area (Å²) in [6.07, 6.45) is 0.291. The Kier molecular flexibility index (Phi) is 7.32. The standard InChI is InChI=1S/C29H40N4O7/c1-28(2,3)12-31-11-14-10-17(32(4)5)15-8-13-9-16-21(33(6)7)24(36)20(27(30)39)26(38)29(16,40)25(37)18(13)23(35)19(15)22(14)34/h10,13,16,21,31,34-35,38,40H,8-9,11-12H2,1-7H3,(H2,30,39)/t13-,16-,21-,29-/m0/s1. The van der Waals surface area contributed by atoms with E-state index < -0.39 is 58.0 Å². The molecule has 0 saturated heterocycles. The number of fused-ring (bicyclic) bond motifs is 3. The number of primary amides is 1. The Morgan fingerprint density at radius 2 is 1.77 bits per heavy atom. The summed E-state index contributed by atoms with van der Waals surface area (Å²) in [7, 11) is 6.84. The van der Waals surface area contributed by atoms with Crippen LogP contribution in [-0.4, -0.2) is 89.2 Å². The second kappa shape index (κ2) is 9.90. The van der Waals surface area contributed by atoms with Crippen molar-refractivity contribution in [2.75, 3.05) is 39.6 Å². The Labute approximate surface area is 233 Å². The zero-order chi connectivity index (χ0) is 30.1. The second-order valence-corrected chi connectivity index (χ2v) is 12.8. The van der Waals surface area contributed by atoms with E-state index in [0.29, 0.717) is 24.2 Å². The Bertz CT molecular complexity index is 1350. The number of phenolic OH excluding ortho intramolecular Hbond substituents is 1. The van der Waals surface area contributed by atoms with Crippen molar-refractivity contribution in [1.29, 1.82) is 0 Å². The van der Waals surface area contributed by atoms with Crippen LogP contribution in [0.4, 0.5) is 5.69 Å². The molecule has 1 saturated carbocycles. The van der Waals surface area contributed by atoms with Crippen molar-refractivity contribution in [3.63, 3.8) is 0 Å². The molecule has 218 valence electrons. The molecule has 4 rings (SSSR count). The maximum atomic E-state index is 14.0. The highest BCUT2D eigenvalue weighted by Gasteiger charge is 2.64. The fourth-order valence-corrected chi connectivity index (χ4v) is 6.45. The minimum Gasteiger partial charge on any atom is -0.508 e. The van der Waals surface area contributed by atoms with Crippen molar-refractivity contribution in [2.45, 2.75) is 51.8 Å². The molecule has 1 fully saturated rings. The Morgan fingerprint density at radius 3 is 2.30 bits per heavy atom. The topological polar surface area (TPSA) is 177 Å². The largest absolute Gasteiger partial charge is 0.508 e. The summed E-state index contributed by atoms with van der Waals surface area (Å²) in [4.78, 5) is 42.8. The fourth-order valence-electron chi connectivity index (χ4n) is 6.45. The number of anilines is 1. The summed E-state index contributed by atoms with van der Waals surface area (Å²) in [5.74, 6) is -6.55. The smallest absolute Gasteiger partial charge is 0.255 e. The molecular weight excluding hydrogens is 516 g/mol. The van der Waals surface area contributed by atoms with Gasteiger partial charge in [0.05, 0.1) is 11.6 Å². The van der Waals surface area contributed by atoms with Crippen molar-refractivity contribution in [2.24, 2.45) is 23.0 Å². The van der Waals surface area contributed by atoms with E-state index in [1.807, 2.05) is 25.1 Å². The summed E-state index contributed by atoms with van der Waals surface area (Å²) in [6.45, 7) is 7.21. The third-order valence-corrected chi connectivity index (χ3v) is 8.23. The third-order valence-electron chi connectivity index (χ3n) is 8.23. The van der Waals surface area contributed by atoms with Gasteiger partial charge in [-0.2, -0.15) is 0 Å². The number of nitrogens with two attached hydrogens (primary N) is 1. The van der Waals surface area contributed by atoms with Gasteiger partial charge in [-0.3, -0.25) is 19.3 Å². The van der Waals surface area contributed by atoms with Crippen LogP contribution in [0.1, 0.15) is 43.9 Å². The average Bonchev–Trinajstić information content (AvgIpc) is 2.81. The van der Waals surface area contributed by atoms with Gasteiger partial charge >= 0.3 is 0 Å². The van der Waals surface area contributed by atoms with Gasteiger partial charge in [0.25, 0.3) is 5.91 Å². The quantitative estimate of drug-likeness (QED) is 0.279. The lowest BCUT2D eigenvalue weighted by Gasteiger charge is -2.50. The van der Waals surface area contributed by atoms with Crippen LogP contribution in [0.2, 0.25) is 0 Å². The lowest BCUT2D eigenvalue weighted by Crippen LogP contribution is -2.65. The minimum absolute atomic E-state index is 0.00285. The first kappa shape index (κ1) is 29.6. The molecule has 40 heavy (non-hydrogen) atoms. The maximum absolute atomic E-state index is 14.0. The van der Waals surface area contributed by atoms with E-state index in [1.54, 1.807) is 14.1 Å². The highest BCUT2D eigenvalue weighted by atomic mass is 16.3. The van der Waals surface area contributed by atoms with Crippen LogP contribution in [0, 0.1) is 17.3 Å². The van der Waals surface area contributed by atoms with Gasteiger partial charge in [-0.05, 0) is 49.9 Å². The van der Waals surface area contributed by atoms with E-state index in [0.717, 1.165) is 5.69 Å². The number of phenols is 1. The number of carbonyl (C=O) groups is 3. The average molecular weight is 557 g/mol. The number of nitrogens with one attached hydrogen (secondary N) is 1. The highest BCUT2D eigenvalue weighted by Crippen LogP contribution is 2.54. The number of amides is 1. The number of benzene rings is 1. The van der Waals surface area contributed by atoms with Gasteiger partial charge in [0, 0.05) is 49.9 Å². The first-order chi connectivity index (χ1) is 18.4. The van der Waals surface area contributed by atoms with Crippen LogP contribution in [0.25, 0.3) is 5.76 Å². The zero-order valence-corrected chi connectivity index (χ0v) is 24.1. The van der Waals surface area contributed by atoms with E-state index in [9.17, 15) is 34.8 Å². The van der Waals surface area contributed by atoms with Crippen molar-refractivity contribution in [3.05, 3.63) is 39.7 Å². The summed E-state index contributed by atoms with van der Waals surface area (Å²) >= 11 is 0. The number of likely N-dealkylation sites (N-methyl/N-ethyl adjacent to an activating group) is 1. The molecule has 1 amide bonds. The van der Waals surface area contributed by atoms with E-state index >= 15 is 0 Å². The number of Topliss-reactive ketones (excluding diaryl/α,β-unsaturated/α-hetero) is 2. The first-order valence-electron chi connectivity index (χ1n) is 13.3. The number of rotatable bonds is 6. The van der Waals surface area contributed by atoms with Crippen LogP contribution in [0.5, 0.6) is 5.75 Å². The first-order valence-corrected chi connectivity index (χ1v) is 13.3.